The summed E-state index contributed by atoms with van der Waals surface area (Å²) in [5, 5.41) is 11.5. The van der Waals surface area contributed by atoms with Crippen LogP contribution in [0.3, 0.4) is 0 Å². The van der Waals surface area contributed by atoms with Crippen LogP contribution in [0.4, 0.5) is 4.79 Å². The topological polar surface area (TPSA) is 99.3 Å². The highest BCUT2D eigenvalue weighted by Crippen LogP contribution is 2.28. The Kier molecular flexibility index (Phi) is 9.91. The molecule has 0 fully saturated rings. The van der Waals surface area contributed by atoms with Crippen molar-refractivity contribution in [1.82, 2.24) is 10.2 Å². The van der Waals surface area contributed by atoms with Crippen LogP contribution in [0, 0.1) is 5.41 Å². The molecular weight excluding hydrogens is 496 g/mol. The quantitative estimate of drug-likeness (QED) is 0.192. The molecule has 0 saturated carbocycles. The Labute approximate surface area is 239 Å². The monoisotopic (exact) mass is 540 g/mol. The number of hydrogen-bond donors (Lipinski definition) is 3. The van der Waals surface area contributed by atoms with Gasteiger partial charge in [0.2, 0.25) is 5.91 Å². The van der Waals surface area contributed by atoms with Crippen molar-refractivity contribution in [3.63, 3.8) is 0 Å². The number of primary amides is 1. The molecule has 0 spiro atoms. The van der Waals surface area contributed by atoms with Crippen molar-refractivity contribution >= 4 is 17.8 Å². The molecule has 0 heterocycles. The lowest BCUT2D eigenvalue weighted by Gasteiger charge is -2.22. The molecular formula is C34H44N4O2. The third-order valence-corrected chi connectivity index (χ3v) is 7.52. The van der Waals surface area contributed by atoms with Gasteiger partial charge in [-0.25, -0.2) is 4.79 Å². The van der Waals surface area contributed by atoms with E-state index in [0.29, 0.717) is 25.3 Å². The van der Waals surface area contributed by atoms with Crippen LogP contribution in [0.5, 0.6) is 0 Å². The summed E-state index contributed by atoms with van der Waals surface area (Å²) in [4.78, 5) is 26.2. The third kappa shape index (κ3) is 7.81. The van der Waals surface area contributed by atoms with E-state index < -0.39 is 5.41 Å². The minimum atomic E-state index is -0.735. The maximum Gasteiger partial charge on any atom is 0.323 e. The number of benzene rings is 3. The Bertz CT molecular complexity index is 1320. The number of amidine groups is 1. The van der Waals surface area contributed by atoms with E-state index in [9.17, 15) is 9.59 Å². The van der Waals surface area contributed by atoms with Crippen LogP contribution >= 0.6 is 0 Å². The van der Waals surface area contributed by atoms with Gasteiger partial charge in [-0.15, -0.1) is 0 Å². The van der Waals surface area contributed by atoms with Crippen LogP contribution in [0.15, 0.2) is 72.8 Å². The number of nitrogens with two attached hydrogens (primary N) is 1. The number of carbonyl (C=O) groups is 2. The summed E-state index contributed by atoms with van der Waals surface area (Å²) in [7, 11) is 0. The van der Waals surface area contributed by atoms with Crippen LogP contribution < -0.4 is 11.1 Å². The van der Waals surface area contributed by atoms with E-state index in [2.05, 4.69) is 62.5 Å². The fourth-order valence-electron chi connectivity index (χ4n) is 4.54. The van der Waals surface area contributed by atoms with Crippen LogP contribution in [0.1, 0.15) is 76.6 Å². The van der Waals surface area contributed by atoms with E-state index >= 15 is 0 Å². The van der Waals surface area contributed by atoms with Crippen LogP contribution in [-0.4, -0.2) is 29.2 Å². The minimum absolute atomic E-state index is 0.0917. The number of nitrogens with one attached hydrogen (secondary N) is 2. The zero-order valence-electron chi connectivity index (χ0n) is 24.8. The van der Waals surface area contributed by atoms with E-state index in [1.165, 1.54) is 16.0 Å². The van der Waals surface area contributed by atoms with Crippen molar-refractivity contribution in [3.8, 4) is 11.1 Å². The predicted octanol–water partition coefficient (Wildman–Crippen LogP) is 6.95. The summed E-state index contributed by atoms with van der Waals surface area (Å²) < 4.78 is 0. The van der Waals surface area contributed by atoms with E-state index in [-0.39, 0.29) is 17.4 Å². The molecule has 6 nitrogen and oxygen atoms in total. The molecule has 212 valence electrons. The lowest BCUT2D eigenvalue weighted by molar-refractivity contribution is -0.122. The van der Waals surface area contributed by atoms with Gasteiger partial charge in [0.1, 0.15) is 5.84 Å². The van der Waals surface area contributed by atoms with Crippen LogP contribution in [0.25, 0.3) is 11.1 Å². The van der Waals surface area contributed by atoms with Gasteiger partial charge < -0.3 is 11.1 Å². The second-order valence-electron chi connectivity index (χ2n) is 11.9. The molecule has 6 heteroatoms. The summed E-state index contributed by atoms with van der Waals surface area (Å²) in [5.41, 5.74) is 11.4. The molecule has 4 N–H and O–H groups in total. The molecule has 3 aromatic rings. The first-order valence-electron chi connectivity index (χ1n) is 14.0. The molecule has 3 amide bonds. The van der Waals surface area contributed by atoms with Gasteiger partial charge in [0.05, 0.1) is 5.41 Å². The average molecular weight is 541 g/mol. The van der Waals surface area contributed by atoms with Gasteiger partial charge in [0.25, 0.3) is 0 Å². The molecule has 0 atom stereocenters. The normalized spacial score (nSPS) is 11.7. The first-order valence-corrected chi connectivity index (χ1v) is 14.0. The van der Waals surface area contributed by atoms with Gasteiger partial charge in [-0.3, -0.25) is 15.1 Å². The molecule has 40 heavy (non-hydrogen) atoms. The summed E-state index contributed by atoms with van der Waals surface area (Å²) >= 11 is 0. The Hall–Kier alpha value is -3.93. The average Bonchev–Trinajstić information content (AvgIpc) is 2.92. The molecule has 0 aromatic heterocycles. The largest absolute Gasteiger partial charge is 0.369 e. The van der Waals surface area contributed by atoms with Crippen molar-refractivity contribution in [3.05, 3.63) is 95.1 Å². The molecule has 0 aliphatic rings. The number of carbonyl (C=O) groups excluding carboxylic acids is 2. The fourth-order valence-corrected chi connectivity index (χ4v) is 4.54. The summed E-state index contributed by atoms with van der Waals surface area (Å²) in [6, 6.07) is 24.4. The lowest BCUT2D eigenvalue weighted by atomic mass is 9.82. The van der Waals surface area contributed by atoms with Crippen molar-refractivity contribution in [2.24, 2.45) is 5.73 Å². The third-order valence-electron chi connectivity index (χ3n) is 7.52. The highest BCUT2D eigenvalue weighted by Gasteiger charge is 2.27. The number of nitrogens with zero attached hydrogens (tertiary/aromatic N) is 1. The number of amides is 3. The summed E-state index contributed by atoms with van der Waals surface area (Å²) in [6.45, 7) is 13.0. The van der Waals surface area contributed by atoms with Crippen LogP contribution in [0.2, 0.25) is 0 Å². The zero-order valence-corrected chi connectivity index (χ0v) is 24.8. The Balaban J connectivity index is 1.51. The maximum absolute atomic E-state index is 12.8. The van der Waals surface area contributed by atoms with Crippen molar-refractivity contribution < 1.29 is 9.59 Å². The van der Waals surface area contributed by atoms with Gasteiger partial charge in [0.15, 0.2) is 0 Å². The maximum atomic E-state index is 12.8. The van der Waals surface area contributed by atoms with Crippen molar-refractivity contribution in [2.75, 3.05) is 6.54 Å². The first kappa shape index (κ1) is 30.6. The highest BCUT2D eigenvalue weighted by atomic mass is 16.2. The number of hydrogen-bond acceptors (Lipinski definition) is 3. The van der Waals surface area contributed by atoms with Gasteiger partial charge >= 0.3 is 6.03 Å². The van der Waals surface area contributed by atoms with Gasteiger partial charge in [-0.1, -0.05) is 93.6 Å². The van der Waals surface area contributed by atoms with Crippen molar-refractivity contribution in [2.45, 2.75) is 78.2 Å². The molecule has 3 rings (SSSR count). The molecule has 0 unspecified atom stereocenters. The fraction of sp³-hybridized carbons (Fsp3) is 0.382. The molecule has 0 radical (unpaired) electrons. The lowest BCUT2D eigenvalue weighted by Crippen LogP contribution is -2.43. The number of rotatable bonds is 10. The van der Waals surface area contributed by atoms with Crippen LogP contribution in [-0.2, 0) is 28.6 Å². The predicted molar refractivity (Wildman–Crippen MR) is 165 cm³/mol. The molecule has 0 saturated heterocycles. The summed E-state index contributed by atoms with van der Waals surface area (Å²) in [6.07, 6.45) is 2.11. The highest BCUT2D eigenvalue weighted by molar-refractivity contribution is 5.95. The van der Waals surface area contributed by atoms with Gasteiger partial charge in [0, 0.05) is 19.5 Å². The second kappa shape index (κ2) is 12.9. The standard InChI is InChI=1S/C34H44N4O2/c1-7-38(32(40)37-23-25-16-20-28(21-17-25)33(2,3)4)30(35)13-8-10-24-14-18-26(19-15-24)27-11-9-12-29(22-27)34(5,6)31(36)39/h9,11-12,14-22,35H,7-8,10,13,23H2,1-6H3,(H2,36,39)(H,37,40). The van der Waals surface area contributed by atoms with E-state index in [1.54, 1.807) is 0 Å². The second-order valence-corrected chi connectivity index (χ2v) is 11.9. The van der Waals surface area contributed by atoms with Gasteiger partial charge in [-0.05, 0) is 72.4 Å². The number of urea groups is 1. The smallest absolute Gasteiger partial charge is 0.323 e. The zero-order chi connectivity index (χ0) is 29.5. The van der Waals surface area contributed by atoms with Crippen molar-refractivity contribution in [1.29, 1.82) is 5.41 Å². The van der Waals surface area contributed by atoms with E-state index in [0.717, 1.165) is 35.1 Å². The molecule has 3 aromatic carbocycles. The molecule has 0 aliphatic carbocycles. The van der Waals surface area contributed by atoms with Gasteiger partial charge in [-0.2, -0.15) is 0 Å². The first-order chi connectivity index (χ1) is 18.8. The Morgan fingerprint density at radius 2 is 1.48 bits per heavy atom. The molecule has 0 aliphatic heterocycles. The Morgan fingerprint density at radius 3 is 2.05 bits per heavy atom. The SMILES string of the molecule is CCN(C(=N)CCCc1ccc(-c2cccc(C(C)(C)C(N)=O)c2)cc1)C(=O)NCc1ccc(C(C)(C)C)cc1. The van der Waals surface area contributed by atoms with E-state index in [4.69, 9.17) is 11.1 Å². The molecule has 0 bridgehead atoms. The number of aryl methyl sites for hydroxylation is 1. The minimum Gasteiger partial charge on any atom is -0.369 e. The summed E-state index contributed by atoms with van der Waals surface area (Å²) in [5.74, 6) is -0.0239. The van der Waals surface area contributed by atoms with E-state index in [1.807, 2.05) is 57.2 Å². The Morgan fingerprint density at radius 1 is 0.850 bits per heavy atom.